The van der Waals surface area contributed by atoms with Gasteiger partial charge in [0.05, 0.1) is 5.69 Å². The number of hydrogen-bond donors (Lipinski definition) is 1. The normalized spacial score (nSPS) is 19.2. The van der Waals surface area contributed by atoms with E-state index >= 15 is 0 Å². The number of aromatic amines is 1. The van der Waals surface area contributed by atoms with Gasteiger partial charge in [-0.1, -0.05) is 0 Å². The summed E-state index contributed by atoms with van der Waals surface area (Å²) in [5.41, 5.74) is 5.29. The summed E-state index contributed by atoms with van der Waals surface area (Å²) in [7, 11) is 2.11. The predicted molar refractivity (Wildman–Crippen MR) is 67.9 cm³/mol. The third-order valence-corrected chi connectivity index (χ3v) is 4.16. The summed E-state index contributed by atoms with van der Waals surface area (Å²) in [4.78, 5) is 19.4. The van der Waals surface area contributed by atoms with Crippen LogP contribution in [0.4, 0.5) is 0 Å². The van der Waals surface area contributed by atoms with E-state index in [1.54, 1.807) is 4.52 Å². The number of aromatic nitrogens is 3. The van der Waals surface area contributed by atoms with E-state index in [2.05, 4.69) is 17.0 Å². The molecule has 18 heavy (non-hydrogen) atoms. The van der Waals surface area contributed by atoms with Crippen LogP contribution >= 0.6 is 0 Å². The van der Waals surface area contributed by atoms with E-state index in [-0.39, 0.29) is 5.56 Å². The molecule has 4 rings (SSSR count). The van der Waals surface area contributed by atoms with Gasteiger partial charge >= 0.3 is 0 Å². The molecule has 0 fully saturated rings. The van der Waals surface area contributed by atoms with Crippen LogP contribution in [0.2, 0.25) is 0 Å². The molecule has 5 heteroatoms. The van der Waals surface area contributed by atoms with Gasteiger partial charge in [0, 0.05) is 36.3 Å². The quantitative estimate of drug-likeness (QED) is 0.734. The minimum absolute atomic E-state index is 0.115. The van der Waals surface area contributed by atoms with Crippen molar-refractivity contribution in [2.75, 3.05) is 13.6 Å². The van der Waals surface area contributed by atoms with E-state index in [0.29, 0.717) is 0 Å². The number of aryl methyl sites for hydroxylation is 1. The molecule has 0 saturated carbocycles. The fourth-order valence-corrected chi connectivity index (χ4v) is 3.16. The highest BCUT2D eigenvalue weighted by atomic mass is 16.1. The van der Waals surface area contributed by atoms with Crippen molar-refractivity contribution in [1.82, 2.24) is 19.5 Å². The van der Waals surface area contributed by atoms with E-state index in [9.17, 15) is 4.79 Å². The molecule has 2 aromatic rings. The summed E-state index contributed by atoms with van der Waals surface area (Å²) in [6.45, 7) is 1.92. The zero-order valence-electron chi connectivity index (χ0n) is 10.5. The Kier molecular flexibility index (Phi) is 1.97. The molecule has 0 saturated heterocycles. The van der Waals surface area contributed by atoms with Crippen LogP contribution in [-0.2, 0) is 25.8 Å². The Morgan fingerprint density at radius 1 is 1.22 bits per heavy atom. The molecule has 0 atom stereocenters. The number of nitrogens with zero attached hydrogens (tertiary/aromatic N) is 3. The lowest BCUT2D eigenvalue weighted by atomic mass is 10.1. The topological polar surface area (TPSA) is 53.4 Å². The lowest BCUT2D eigenvalue weighted by molar-refractivity contribution is 0.312. The molecular formula is C13H16N4O. The number of likely N-dealkylation sites (N-methyl/N-ethyl adjacent to an activating group) is 1. The Bertz CT molecular complexity index is 697. The highest BCUT2D eigenvalue weighted by Gasteiger charge is 2.24. The van der Waals surface area contributed by atoms with Gasteiger partial charge in [-0.2, -0.15) is 0 Å². The van der Waals surface area contributed by atoms with Crippen LogP contribution in [0.5, 0.6) is 0 Å². The second-order valence-corrected chi connectivity index (χ2v) is 5.41. The van der Waals surface area contributed by atoms with E-state index in [1.807, 2.05) is 0 Å². The second-order valence-electron chi connectivity index (χ2n) is 5.41. The van der Waals surface area contributed by atoms with Gasteiger partial charge < -0.3 is 4.90 Å². The number of rotatable bonds is 0. The zero-order chi connectivity index (χ0) is 12.3. The highest BCUT2D eigenvalue weighted by molar-refractivity contribution is 5.52. The van der Waals surface area contributed by atoms with Crippen molar-refractivity contribution >= 4 is 5.65 Å². The summed E-state index contributed by atoms with van der Waals surface area (Å²) in [6.07, 6.45) is 3.87. The molecule has 0 bridgehead atoms. The first kappa shape index (κ1) is 10.3. The number of nitrogens with one attached hydrogen (secondary N) is 1. The van der Waals surface area contributed by atoms with Crippen molar-refractivity contribution in [2.45, 2.75) is 32.2 Å². The molecule has 0 radical (unpaired) electrons. The molecule has 0 amide bonds. The molecule has 0 unspecified atom stereocenters. The second kappa shape index (κ2) is 3.45. The first-order valence-electron chi connectivity index (χ1n) is 6.57. The van der Waals surface area contributed by atoms with Crippen LogP contribution in [0.15, 0.2) is 4.79 Å². The van der Waals surface area contributed by atoms with Gasteiger partial charge in [-0.05, 0) is 26.3 Å². The van der Waals surface area contributed by atoms with Gasteiger partial charge in [0.2, 0.25) is 0 Å². The molecule has 5 nitrogen and oxygen atoms in total. The molecule has 0 aromatic carbocycles. The van der Waals surface area contributed by atoms with Gasteiger partial charge in [-0.15, -0.1) is 0 Å². The third-order valence-electron chi connectivity index (χ3n) is 4.16. The van der Waals surface area contributed by atoms with Gasteiger partial charge in [-0.25, -0.2) is 9.50 Å². The Morgan fingerprint density at radius 2 is 2.11 bits per heavy atom. The van der Waals surface area contributed by atoms with E-state index < -0.39 is 0 Å². The lowest BCUT2D eigenvalue weighted by Crippen LogP contribution is -2.26. The SMILES string of the molecule is CN1CCc2[nH]n3c(=O)c4c(nc3c2C1)CCC4. The summed E-state index contributed by atoms with van der Waals surface area (Å²) < 4.78 is 1.66. The van der Waals surface area contributed by atoms with E-state index in [1.165, 1.54) is 11.3 Å². The van der Waals surface area contributed by atoms with Gasteiger partial charge in [0.1, 0.15) is 0 Å². The number of hydrogen-bond acceptors (Lipinski definition) is 3. The summed E-state index contributed by atoms with van der Waals surface area (Å²) in [5.74, 6) is 0. The van der Waals surface area contributed by atoms with Crippen molar-refractivity contribution in [2.24, 2.45) is 0 Å². The molecule has 2 aliphatic rings. The van der Waals surface area contributed by atoms with Crippen LogP contribution in [-0.4, -0.2) is 33.1 Å². The smallest absolute Gasteiger partial charge is 0.276 e. The Morgan fingerprint density at radius 3 is 3.00 bits per heavy atom. The monoisotopic (exact) mass is 244 g/mol. The average Bonchev–Trinajstić information content (AvgIpc) is 2.95. The van der Waals surface area contributed by atoms with Gasteiger partial charge in [0.15, 0.2) is 5.65 Å². The molecule has 0 spiro atoms. The Balaban J connectivity index is 2.05. The molecule has 1 aliphatic carbocycles. The summed E-state index contributed by atoms with van der Waals surface area (Å²) in [6, 6.07) is 0. The van der Waals surface area contributed by atoms with Crippen molar-refractivity contribution in [1.29, 1.82) is 0 Å². The van der Waals surface area contributed by atoms with Crippen molar-refractivity contribution in [3.05, 3.63) is 32.9 Å². The first-order chi connectivity index (χ1) is 8.74. The zero-order valence-corrected chi connectivity index (χ0v) is 10.5. The molecular weight excluding hydrogens is 228 g/mol. The number of H-pyrrole nitrogens is 1. The van der Waals surface area contributed by atoms with Crippen LogP contribution in [0.1, 0.15) is 28.9 Å². The van der Waals surface area contributed by atoms with Crippen molar-refractivity contribution in [3.63, 3.8) is 0 Å². The molecule has 3 heterocycles. The van der Waals surface area contributed by atoms with Gasteiger partial charge in [-0.3, -0.25) is 9.89 Å². The average molecular weight is 244 g/mol. The minimum atomic E-state index is 0.115. The number of fused-ring (bicyclic) bond motifs is 4. The van der Waals surface area contributed by atoms with Crippen LogP contribution in [0, 0.1) is 0 Å². The highest BCUT2D eigenvalue weighted by Crippen LogP contribution is 2.23. The lowest BCUT2D eigenvalue weighted by Gasteiger charge is -2.21. The maximum atomic E-state index is 12.4. The van der Waals surface area contributed by atoms with E-state index in [0.717, 1.165) is 55.7 Å². The molecule has 2 aromatic heterocycles. The fraction of sp³-hybridized carbons (Fsp3) is 0.538. The standard InChI is InChI=1S/C13H16N4O/c1-16-6-5-11-9(7-16)12-14-10-4-2-3-8(10)13(18)17(12)15-11/h15H,2-7H2,1H3. The van der Waals surface area contributed by atoms with Crippen LogP contribution in [0.3, 0.4) is 0 Å². The molecule has 1 aliphatic heterocycles. The van der Waals surface area contributed by atoms with Gasteiger partial charge in [0.25, 0.3) is 5.56 Å². The van der Waals surface area contributed by atoms with Crippen LogP contribution < -0.4 is 5.56 Å². The summed E-state index contributed by atoms with van der Waals surface area (Å²) >= 11 is 0. The summed E-state index contributed by atoms with van der Waals surface area (Å²) in [5, 5.41) is 3.25. The largest absolute Gasteiger partial charge is 0.302 e. The first-order valence-corrected chi connectivity index (χ1v) is 6.57. The Labute approximate surface area is 104 Å². The molecule has 94 valence electrons. The van der Waals surface area contributed by atoms with Crippen molar-refractivity contribution in [3.8, 4) is 0 Å². The Hall–Kier alpha value is -1.62. The predicted octanol–water partition coefficient (Wildman–Crippen LogP) is 0.499. The van der Waals surface area contributed by atoms with E-state index in [4.69, 9.17) is 4.98 Å². The van der Waals surface area contributed by atoms with Crippen LogP contribution in [0.25, 0.3) is 5.65 Å². The third kappa shape index (κ3) is 1.25. The van der Waals surface area contributed by atoms with Crippen molar-refractivity contribution < 1.29 is 0 Å². The maximum absolute atomic E-state index is 12.4. The minimum Gasteiger partial charge on any atom is -0.302 e. The fourth-order valence-electron chi connectivity index (χ4n) is 3.16. The maximum Gasteiger partial charge on any atom is 0.276 e. The molecule has 1 N–H and O–H groups in total.